The van der Waals surface area contributed by atoms with Gasteiger partial charge in [-0.25, -0.2) is 4.98 Å². The van der Waals surface area contributed by atoms with Crippen molar-refractivity contribution in [2.45, 2.75) is 20.4 Å². The SMILES string of the molecule is Cc1nn(C)c(C)c1CN1CCN(c2ccc(C#N)nc2)CC1. The molecule has 0 radical (unpaired) electrons. The van der Waals surface area contributed by atoms with Crippen LogP contribution in [0.1, 0.15) is 22.6 Å². The average molecular weight is 310 g/mol. The molecule has 0 aliphatic carbocycles. The first-order chi connectivity index (χ1) is 11.1. The molecule has 0 aromatic carbocycles. The van der Waals surface area contributed by atoms with Crippen LogP contribution in [0.25, 0.3) is 0 Å². The van der Waals surface area contributed by atoms with Gasteiger partial charge >= 0.3 is 0 Å². The highest BCUT2D eigenvalue weighted by Gasteiger charge is 2.20. The van der Waals surface area contributed by atoms with E-state index in [0.717, 1.165) is 44.1 Å². The number of aromatic nitrogens is 3. The van der Waals surface area contributed by atoms with Crippen molar-refractivity contribution in [3.63, 3.8) is 0 Å². The van der Waals surface area contributed by atoms with E-state index >= 15 is 0 Å². The van der Waals surface area contributed by atoms with E-state index in [9.17, 15) is 0 Å². The summed E-state index contributed by atoms with van der Waals surface area (Å²) in [4.78, 5) is 8.96. The predicted molar refractivity (Wildman–Crippen MR) is 89.1 cm³/mol. The van der Waals surface area contributed by atoms with Crippen LogP contribution in [-0.4, -0.2) is 45.8 Å². The van der Waals surface area contributed by atoms with Crippen LogP contribution in [0.3, 0.4) is 0 Å². The molecule has 0 N–H and O–H groups in total. The van der Waals surface area contributed by atoms with E-state index in [1.807, 2.05) is 17.8 Å². The summed E-state index contributed by atoms with van der Waals surface area (Å²) in [5.74, 6) is 0. The second-order valence-electron chi connectivity index (χ2n) is 6.05. The van der Waals surface area contributed by atoms with E-state index in [0.29, 0.717) is 5.69 Å². The zero-order valence-electron chi connectivity index (χ0n) is 14.0. The van der Waals surface area contributed by atoms with Crippen LogP contribution in [0.2, 0.25) is 0 Å². The number of nitriles is 1. The average Bonchev–Trinajstić information content (AvgIpc) is 2.82. The molecule has 0 spiro atoms. The lowest BCUT2D eigenvalue weighted by Crippen LogP contribution is -2.46. The summed E-state index contributed by atoms with van der Waals surface area (Å²) in [5.41, 5.74) is 5.29. The van der Waals surface area contributed by atoms with Crippen molar-refractivity contribution in [3.05, 3.63) is 41.0 Å². The Morgan fingerprint density at radius 2 is 1.91 bits per heavy atom. The van der Waals surface area contributed by atoms with Crippen LogP contribution >= 0.6 is 0 Å². The molecule has 6 heteroatoms. The number of hydrogen-bond acceptors (Lipinski definition) is 5. The Morgan fingerprint density at radius 1 is 1.17 bits per heavy atom. The fraction of sp³-hybridized carbons (Fsp3) is 0.471. The van der Waals surface area contributed by atoms with Gasteiger partial charge in [0.1, 0.15) is 11.8 Å². The second-order valence-corrected chi connectivity index (χ2v) is 6.05. The van der Waals surface area contributed by atoms with Crippen molar-refractivity contribution < 1.29 is 0 Å². The molecular formula is C17H22N6. The topological polar surface area (TPSA) is 61.0 Å². The molecule has 0 unspecified atom stereocenters. The van der Waals surface area contributed by atoms with Gasteiger partial charge in [-0.1, -0.05) is 0 Å². The monoisotopic (exact) mass is 310 g/mol. The molecule has 0 amide bonds. The van der Waals surface area contributed by atoms with E-state index in [-0.39, 0.29) is 0 Å². The fourth-order valence-electron chi connectivity index (χ4n) is 3.07. The van der Waals surface area contributed by atoms with Gasteiger partial charge in [0.05, 0.1) is 17.6 Å². The van der Waals surface area contributed by atoms with E-state index in [2.05, 4.69) is 39.8 Å². The molecule has 1 aliphatic rings. The lowest BCUT2D eigenvalue weighted by atomic mass is 10.1. The molecule has 0 saturated carbocycles. The Morgan fingerprint density at radius 3 is 2.43 bits per heavy atom. The standard InChI is InChI=1S/C17H22N6/c1-13-17(14(2)21(3)20-13)12-22-6-8-23(9-7-22)16-5-4-15(10-18)19-11-16/h4-5,11H,6-9,12H2,1-3H3. The Labute approximate surface area is 137 Å². The van der Waals surface area contributed by atoms with Gasteiger partial charge in [-0.15, -0.1) is 0 Å². The molecule has 6 nitrogen and oxygen atoms in total. The summed E-state index contributed by atoms with van der Waals surface area (Å²) < 4.78 is 1.96. The predicted octanol–water partition coefficient (Wildman–Crippen LogP) is 1.63. The summed E-state index contributed by atoms with van der Waals surface area (Å²) in [5, 5.41) is 13.3. The Hall–Kier alpha value is -2.39. The molecule has 1 saturated heterocycles. The fourth-order valence-corrected chi connectivity index (χ4v) is 3.07. The number of hydrogen-bond donors (Lipinski definition) is 0. The summed E-state index contributed by atoms with van der Waals surface area (Å²) in [6, 6.07) is 5.82. The molecule has 0 atom stereocenters. The molecule has 2 aromatic rings. The third-order valence-corrected chi connectivity index (χ3v) is 4.64. The third-order valence-electron chi connectivity index (χ3n) is 4.64. The summed E-state index contributed by atoms with van der Waals surface area (Å²) >= 11 is 0. The first-order valence-electron chi connectivity index (χ1n) is 7.91. The number of pyridine rings is 1. The number of aryl methyl sites for hydroxylation is 2. The lowest BCUT2D eigenvalue weighted by molar-refractivity contribution is 0.249. The van der Waals surface area contributed by atoms with Gasteiger partial charge < -0.3 is 4.90 Å². The van der Waals surface area contributed by atoms with Gasteiger partial charge in [0.15, 0.2) is 0 Å². The van der Waals surface area contributed by atoms with Crippen LogP contribution in [0.5, 0.6) is 0 Å². The largest absolute Gasteiger partial charge is 0.368 e. The first-order valence-corrected chi connectivity index (χ1v) is 7.91. The van der Waals surface area contributed by atoms with Crippen molar-refractivity contribution in [2.24, 2.45) is 7.05 Å². The molecule has 2 aromatic heterocycles. The van der Waals surface area contributed by atoms with Gasteiger partial charge in [-0.3, -0.25) is 9.58 Å². The van der Waals surface area contributed by atoms with Crippen molar-refractivity contribution in [2.75, 3.05) is 31.1 Å². The van der Waals surface area contributed by atoms with Crippen LogP contribution in [0.4, 0.5) is 5.69 Å². The zero-order valence-corrected chi connectivity index (χ0v) is 14.0. The van der Waals surface area contributed by atoms with E-state index in [4.69, 9.17) is 5.26 Å². The minimum atomic E-state index is 0.468. The van der Waals surface area contributed by atoms with Crippen LogP contribution in [0.15, 0.2) is 18.3 Å². The second kappa shape index (κ2) is 6.39. The maximum absolute atomic E-state index is 8.82. The lowest BCUT2D eigenvalue weighted by Gasteiger charge is -2.36. The maximum atomic E-state index is 8.82. The van der Waals surface area contributed by atoms with E-state index in [1.54, 1.807) is 12.3 Å². The van der Waals surface area contributed by atoms with E-state index in [1.165, 1.54) is 11.3 Å². The summed E-state index contributed by atoms with van der Waals surface area (Å²) in [6.07, 6.45) is 1.80. The molecule has 1 aliphatic heterocycles. The van der Waals surface area contributed by atoms with Crippen molar-refractivity contribution >= 4 is 5.69 Å². The highest BCUT2D eigenvalue weighted by molar-refractivity contribution is 5.46. The van der Waals surface area contributed by atoms with Gasteiger partial charge in [0, 0.05) is 51.0 Å². The molecule has 120 valence electrons. The van der Waals surface area contributed by atoms with Crippen molar-refractivity contribution in [1.82, 2.24) is 19.7 Å². The quantitative estimate of drug-likeness (QED) is 0.862. The third kappa shape index (κ3) is 3.20. The molecule has 3 heterocycles. The smallest absolute Gasteiger partial charge is 0.140 e. The number of nitrogens with zero attached hydrogens (tertiary/aromatic N) is 6. The van der Waals surface area contributed by atoms with Gasteiger partial charge in [-0.05, 0) is 26.0 Å². The first kappa shape index (κ1) is 15.5. The normalized spacial score (nSPS) is 15.7. The molecule has 0 bridgehead atoms. The summed E-state index contributed by atoms with van der Waals surface area (Å²) in [6.45, 7) is 9.18. The highest BCUT2D eigenvalue weighted by Crippen LogP contribution is 2.19. The van der Waals surface area contributed by atoms with Crippen LogP contribution < -0.4 is 4.90 Å². The van der Waals surface area contributed by atoms with Gasteiger partial charge in [0.25, 0.3) is 0 Å². The molecule has 3 rings (SSSR count). The highest BCUT2D eigenvalue weighted by atomic mass is 15.3. The van der Waals surface area contributed by atoms with Crippen molar-refractivity contribution in [3.8, 4) is 6.07 Å². The minimum absolute atomic E-state index is 0.468. The van der Waals surface area contributed by atoms with Crippen molar-refractivity contribution in [1.29, 1.82) is 5.26 Å². The zero-order chi connectivity index (χ0) is 16.4. The minimum Gasteiger partial charge on any atom is -0.368 e. The van der Waals surface area contributed by atoms with E-state index < -0.39 is 0 Å². The van der Waals surface area contributed by atoms with Gasteiger partial charge in [0.2, 0.25) is 0 Å². The molecule has 23 heavy (non-hydrogen) atoms. The number of anilines is 1. The Balaban J connectivity index is 1.61. The molecule has 1 fully saturated rings. The van der Waals surface area contributed by atoms with Crippen LogP contribution in [0, 0.1) is 25.2 Å². The molecular weight excluding hydrogens is 288 g/mol. The van der Waals surface area contributed by atoms with Gasteiger partial charge in [-0.2, -0.15) is 10.4 Å². The summed E-state index contributed by atoms with van der Waals surface area (Å²) in [7, 11) is 2.00. The number of rotatable bonds is 3. The van der Waals surface area contributed by atoms with Crippen LogP contribution in [-0.2, 0) is 13.6 Å². The number of piperazine rings is 1. The Kier molecular flexibility index (Phi) is 4.30. The maximum Gasteiger partial charge on any atom is 0.140 e. The Bertz CT molecular complexity index is 717.